The first-order chi connectivity index (χ1) is 12.7. The summed E-state index contributed by atoms with van der Waals surface area (Å²) in [5.74, 6) is -0.150. The van der Waals surface area contributed by atoms with Gasteiger partial charge in [-0.1, -0.05) is 18.2 Å². The summed E-state index contributed by atoms with van der Waals surface area (Å²) < 4.78 is 2.00. The van der Waals surface area contributed by atoms with Crippen LogP contribution in [0.15, 0.2) is 55.0 Å². The maximum atomic E-state index is 12.5. The Morgan fingerprint density at radius 1 is 1.15 bits per heavy atom. The minimum Gasteiger partial charge on any atom is -0.352 e. The van der Waals surface area contributed by atoms with E-state index >= 15 is 0 Å². The van der Waals surface area contributed by atoms with Gasteiger partial charge in [-0.2, -0.15) is 5.10 Å². The molecular weight excluding hydrogens is 326 g/mol. The van der Waals surface area contributed by atoms with Crippen LogP contribution in [0.3, 0.4) is 0 Å². The average Bonchev–Trinajstić information content (AvgIpc) is 3.01. The molecule has 6 nitrogen and oxygen atoms in total. The van der Waals surface area contributed by atoms with E-state index in [1.807, 2.05) is 35.9 Å². The molecule has 4 rings (SSSR count). The van der Waals surface area contributed by atoms with E-state index in [1.54, 1.807) is 18.6 Å². The number of carbonyl (C=O) groups is 1. The first-order valence-corrected chi connectivity index (χ1v) is 8.63. The van der Waals surface area contributed by atoms with Gasteiger partial charge in [0, 0.05) is 42.5 Å². The summed E-state index contributed by atoms with van der Waals surface area (Å²) in [6, 6.07) is 11.9. The van der Waals surface area contributed by atoms with Crippen molar-refractivity contribution in [3.05, 3.63) is 66.2 Å². The summed E-state index contributed by atoms with van der Waals surface area (Å²) in [5.41, 5.74) is 3.33. The predicted octanol–water partition coefficient (Wildman–Crippen LogP) is 3.11. The van der Waals surface area contributed by atoms with E-state index in [4.69, 9.17) is 0 Å². The molecule has 3 aromatic heterocycles. The molecule has 0 radical (unpaired) electrons. The molecule has 1 amide bonds. The summed E-state index contributed by atoms with van der Waals surface area (Å²) >= 11 is 0. The van der Waals surface area contributed by atoms with Gasteiger partial charge in [0.1, 0.15) is 0 Å². The molecule has 4 aromatic rings. The zero-order chi connectivity index (χ0) is 17.9. The largest absolute Gasteiger partial charge is 0.352 e. The normalized spacial score (nSPS) is 11.1. The maximum Gasteiger partial charge on any atom is 0.255 e. The van der Waals surface area contributed by atoms with Gasteiger partial charge >= 0.3 is 0 Å². The summed E-state index contributed by atoms with van der Waals surface area (Å²) in [4.78, 5) is 20.9. The molecule has 26 heavy (non-hydrogen) atoms. The Bertz CT molecular complexity index is 1080. The number of pyridine rings is 2. The van der Waals surface area contributed by atoms with Crippen LogP contribution >= 0.6 is 0 Å². The third-order valence-corrected chi connectivity index (χ3v) is 4.43. The van der Waals surface area contributed by atoms with Crippen molar-refractivity contribution in [2.45, 2.75) is 19.9 Å². The molecule has 130 valence electrons. The maximum absolute atomic E-state index is 12.5. The number of aromatic nitrogens is 4. The number of rotatable bonds is 5. The first-order valence-electron chi connectivity index (χ1n) is 8.63. The predicted molar refractivity (Wildman–Crippen MR) is 101 cm³/mol. The standard InChI is InChI=1S/C20H19N5O/c1-14-16-7-2-3-8-18(16)25(24-14)11-5-10-23-20(26)17-13-21-12-15-6-4-9-22-19(15)17/h2-4,6-9,12-13H,5,10-11H2,1H3,(H,23,26). The lowest BCUT2D eigenvalue weighted by atomic mass is 10.1. The number of hydrogen-bond donors (Lipinski definition) is 1. The van der Waals surface area contributed by atoms with Gasteiger partial charge in [-0.3, -0.25) is 19.4 Å². The zero-order valence-corrected chi connectivity index (χ0v) is 14.5. The Labute approximate surface area is 150 Å². The lowest BCUT2D eigenvalue weighted by molar-refractivity contribution is 0.0954. The molecule has 0 saturated heterocycles. The lowest BCUT2D eigenvalue weighted by Gasteiger charge is -2.08. The van der Waals surface area contributed by atoms with Gasteiger partial charge in [0.25, 0.3) is 5.91 Å². The van der Waals surface area contributed by atoms with Crippen molar-refractivity contribution in [2.24, 2.45) is 0 Å². The van der Waals surface area contributed by atoms with Crippen LogP contribution in [-0.2, 0) is 6.54 Å². The summed E-state index contributed by atoms with van der Waals surface area (Å²) in [6.45, 7) is 3.33. The van der Waals surface area contributed by atoms with Gasteiger partial charge < -0.3 is 5.32 Å². The molecule has 0 spiro atoms. The molecule has 3 heterocycles. The molecule has 6 heteroatoms. The lowest BCUT2D eigenvalue weighted by Crippen LogP contribution is -2.26. The highest BCUT2D eigenvalue weighted by atomic mass is 16.1. The molecule has 0 saturated carbocycles. The van der Waals surface area contributed by atoms with Gasteiger partial charge in [-0.05, 0) is 31.5 Å². The fraction of sp³-hybridized carbons (Fsp3) is 0.200. The van der Waals surface area contributed by atoms with Gasteiger partial charge in [-0.15, -0.1) is 0 Å². The highest BCUT2D eigenvalue weighted by Crippen LogP contribution is 2.17. The molecule has 1 aromatic carbocycles. The number of aryl methyl sites for hydroxylation is 2. The van der Waals surface area contributed by atoms with Crippen molar-refractivity contribution in [3.63, 3.8) is 0 Å². The van der Waals surface area contributed by atoms with E-state index in [2.05, 4.69) is 32.5 Å². The number of hydrogen-bond acceptors (Lipinski definition) is 4. The molecule has 0 aliphatic carbocycles. The fourth-order valence-electron chi connectivity index (χ4n) is 3.16. The van der Waals surface area contributed by atoms with Crippen LogP contribution in [0.1, 0.15) is 22.5 Å². The minimum absolute atomic E-state index is 0.150. The number of nitrogens with zero attached hydrogens (tertiary/aromatic N) is 4. The van der Waals surface area contributed by atoms with E-state index in [1.165, 1.54) is 5.39 Å². The van der Waals surface area contributed by atoms with Crippen molar-refractivity contribution in [1.29, 1.82) is 0 Å². The van der Waals surface area contributed by atoms with E-state index < -0.39 is 0 Å². The SMILES string of the molecule is Cc1nn(CCCNC(=O)c2cncc3cccnc23)c2ccccc12. The van der Waals surface area contributed by atoms with Gasteiger partial charge in [-0.25, -0.2) is 0 Å². The van der Waals surface area contributed by atoms with E-state index in [0.717, 1.165) is 29.6 Å². The summed E-state index contributed by atoms with van der Waals surface area (Å²) in [5, 5.41) is 9.58. The fourth-order valence-corrected chi connectivity index (χ4v) is 3.16. The molecule has 0 atom stereocenters. The summed E-state index contributed by atoms with van der Waals surface area (Å²) in [6.07, 6.45) is 5.76. The zero-order valence-electron chi connectivity index (χ0n) is 14.5. The van der Waals surface area contributed by atoms with Gasteiger partial charge in [0.05, 0.1) is 22.3 Å². The van der Waals surface area contributed by atoms with Crippen LogP contribution in [0, 0.1) is 6.92 Å². The Morgan fingerprint density at radius 2 is 2.04 bits per heavy atom. The Morgan fingerprint density at radius 3 is 2.96 bits per heavy atom. The molecule has 1 N–H and O–H groups in total. The minimum atomic E-state index is -0.150. The number of para-hydroxylation sites is 1. The quantitative estimate of drug-likeness (QED) is 0.564. The van der Waals surface area contributed by atoms with E-state index in [-0.39, 0.29) is 5.91 Å². The Kier molecular flexibility index (Phi) is 4.31. The van der Waals surface area contributed by atoms with Crippen molar-refractivity contribution >= 4 is 27.7 Å². The van der Waals surface area contributed by atoms with Crippen LogP contribution in [0.4, 0.5) is 0 Å². The monoisotopic (exact) mass is 345 g/mol. The number of fused-ring (bicyclic) bond motifs is 2. The topological polar surface area (TPSA) is 72.7 Å². The number of carbonyl (C=O) groups excluding carboxylic acids is 1. The smallest absolute Gasteiger partial charge is 0.255 e. The molecule has 0 fully saturated rings. The van der Waals surface area contributed by atoms with Crippen LogP contribution in [0.25, 0.3) is 21.8 Å². The third kappa shape index (κ3) is 3.01. The molecular formula is C20H19N5O. The van der Waals surface area contributed by atoms with Crippen molar-refractivity contribution in [3.8, 4) is 0 Å². The molecule has 0 aliphatic rings. The number of amides is 1. The molecule has 0 unspecified atom stereocenters. The third-order valence-electron chi connectivity index (χ3n) is 4.43. The van der Waals surface area contributed by atoms with Crippen LogP contribution in [0.2, 0.25) is 0 Å². The molecule has 0 bridgehead atoms. The van der Waals surface area contributed by atoms with Gasteiger partial charge in [0.15, 0.2) is 0 Å². The second-order valence-corrected chi connectivity index (χ2v) is 6.20. The first kappa shape index (κ1) is 16.2. The Hall–Kier alpha value is -3.28. The van der Waals surface area contributed by atoms with Crippen molar-refractivity contribution in [1.82, 2.24) is 25.1 Å². The molecule has 0 aliphatic heterocycles. The van der Waals surface area contributed by atoms with Crippen molar-refractivity contribution < 1.29 is 4.79 Å². The van der Waals surface area contributed by atoms with Crippen molar-refractivity contribution in [2.75, 3.05) is 6.54 Å². The summed E-state index contributed by atoms with van der Waals surface area (Å²) in [7, 11) is 0. The van der Waals surface area contributed by atoms with E-state index in [9.17, 15) is 4.79 Å². The van der Waals surface area contributed by atoms with Gasteiger partial charge in [0.2, 0.25) is 0 Å². The second-order valence-electron chi connectivity index (χ2n) is 6.20. The van der Waals surface area contributed by atoms with Crippen LogP contribution in [-0.4, -0.2) is 32.2 Å². The number of benzene rings is 1. The van der Waals surface area contributed by atoms with E-state index in [0.29, 0.717) is 17.6 Å². The van der Waals surface area contributed by atoms with Crippen LogP contribution < -0.4 is 5.32 Å². The highest BCUT2D eigenvalue weighted by molar-refractivity contribution is 6.04. The second kappa shape index (κ2) is 6.92. The Balaban J connectivity index is 1.41. The average molecular weight is 345 g/mol. The number of nitrogens with one attached hydrogen (secondary N) is 1. The van der Waals surface area contributed by atoms with Crippen LogP contribution in [0.5, 0.6) is 0 Å². The highest BCUT2D eigenvalue weighted by Gasteiger charge is 2.11.